The van der Waals surface area contributed by atoms with Gasteiger partial charge in [0.1, 0.15) is 5.75 Å². The molecule has 0 radical (unpaired) electrons. The molecule has 2 aromatic rings. The van der Waals surface area contributed by atoms with Crippen LogP contribution in [0, 0.1) is 0 Å². The number of aldehydes is 1. The van der Waals surface area contributed by atoms with Crippen LogP contribution in [0.4, 0.5) is 14.7 Å². The molecule has 6 nitrogen and oxygen atoms in total. The van der Waals surface area contributed by atoms with E-state index in [1.165, 1.54) is 12.1 Å². The molecule has 0 amide bonds. The molecule has 3 rings (SSSR count). The van der Waals surface area contributed by atoms with Crippen LogP contribution in [0.2, 0.25) is 0 Å². The number of nitrogens with one attached hydrogen (secondary N) is 1. The van der Waals surface area contributed by atoms with Crippen molar-refractivity contribution in [3.8, 4) is 5.75 Å². The summed E-state index contributed by atoms with van der Waals surface area (Å²) in [6, 6.07) is 2.58. The Labute approximate surface area is 153 Å². The van der Waals surface area contributed by atoms with Crippen LogP contribution in [0.25, 0.3) is 11.0 Å². The maximum Gasteiger partial charge on any atom is 0.387 e. The Morgan fingerprint density at radius 2 is 2.27 bits per heavy atom. The first-order valence-corrected chi connectivity index (χ1v) is 8.23. The summed E-state index contributed by atoms with van der Waals surface area (Å²) < 4.78 is 31.2. The molecule has 138 valence electrons. The number of aromatic nitrogens is 2. The number of fused-ring (bicyclic) bond motifs is 1. The van der Waals surface area contributed by atoms with Crippen molar-refractivity contribution in [2.45, 2.75) is 19.1 Å². The lowest BCUT2D eigenvalue weighted by Crippen LogP contribution is -2.26. The van der Waals surface area contributed by atoms with Gasteiger partial charge in [0.25, 0.3) is 0 Å². The zero-order valence-corrected chi connectivity index (χ0v) is 14.6. The van der Waals surface area contributed by atoms with Gasteiger partial charge in [0.2, 0.25) is 5.95 Å². The van der Waals surface area contributed by atoms with E-state index in [1.54, 1.807) is 17.7 Å². The molecular formula is C17H17ClF2N4O2. The monoisotopic (exact) mass is 382 g/mol. The molecule has 0 aliphatic heterocycles. The van der Waals surface area contributed by atoms with Crippen LogP contribution in [-0.4, -0.2) is 35.0 Å². The number of alkyl halides is 2. The van der Waals surface area contributed by atoms with Crippen molar-refractivity contribution >= 4 is 34.9 Å². The molecule has 0 fully saturated rings. The number of anilines is 1. The van der Waals surface area contributed by atoms with Crippen LogP contribution >= 0.6 is 11.6 Å². The van der Waals surface area contributed by atoms with Crippen LogP contribution in [0.1, 0.15) is 16.8 Å². The van der Waals surface area contributed by atoms with Crippen molar-refractivity contribution in [1.82, 2.24) is 9.55 Å². The summed E-state index contributed by atoms with van der Waals surface area (Å²) >= 11 is 6.26. The van der Waals surface area contributed by atoms with E-state index >= 15 is 0 Å². The highest BCUT2D eigenvalue weighted by molar-refractivity contribution is 6.30. The highest BCUT2D eigenvalue weighted by Gasteiger charge is 2.21. The first-order valence-electron chi connectivity index (χ1n) is 7.85. The maximum absolute atomic E-state index is 12.6. The number of aryl methyl sites for hydroxylation is 1. The smallest absolute Gasteiger partial charge is 0.387 e. The van der Waals surface area contributed by atoms with E-state index in [9.17, 15) is 13.6 Å². The number of rotatable bonds is 6. The standard InChI is InChI=1S/C17H17ClF2N4O2/c1-24-14-6-15(26-16(19)20)10(8-25)5-13(14)23-17(24)22-12-4-9(7-21)2-3-11(12)18/h2-3,5-6,8,12,16H,4,7,21H2,1H3,(H,22,23). The molecule has 1 aliphatic rings. The maximum atomic E-state index is 12.6. The zero-order valence-electron chi connectivity index (χ0n) is 13.9. The molecule has 0 bridgehead atoms. The Kier molecular flexibility index (Phi) is 5.24. The number of allylic oxidation sites excluding steroid dienone is 2. The molecule has 1 aromatic heterocycles. The van der Waals surface area contributed by atoms with E-state index in [0.717, 1.165) is 5.57 Å². The van der Waals surface area contributed by atoms with Crippen LogP contribution in [0.5, 0.6) is 5.75 Å². The van der Waals surface area contributed by atoms with Gasteiger partial charge in [-0.2, -0.15) is 8.78 Å². The van der Waals surface area contributed by atoms with Gasteiger partial charge in [-0.05, 0) is 18.6 Å². The Hall–Kier alpha value is -2.45. The van der Waals surface area contributed by atoms with Gasteiger partial charge in [-0.3, -0.25) is 4.79 Å². The van der Waals surface area contributed by atoms with E-state index < -0.39 is 6.61 Å². The van der Waals surface area contributed by atoms with Gasteiger partial charge in [0.15, 0.2) is 6.29 Å². The van der Waals surface area contributed by atoms with Gasteiger partial charge in [0.05, 0.1) is 22.6 Å². The summed E-state index contributed by atoms with van der Waals surface area (Å²) in [6.45, 7) is -2.59. The van der Waals surface area contributed by atoms with E-state index in [4.69, 9.17) is 17.3 Å². The van der Waals surface area contributed by atoms with Crippen molar-refractivity contribution in [3.63, 3.8) is 0 Å². The highest BCUT2D eigenvalue weighted by Crippen LogP contribution is 2.30. The SMILES string of the molecule is Cn1c(NC2CC(CN)=CC=C2Cl)nc2cc(C=O)c(OC(F)F)cc21. The molecule has 9 heteroatoms. The summed E-state index contributed by atoms with van der Waals surface area (Å²) in [4.78, 5) is 15.6. The van der Waals surface area contributed by atoms with Gasteiger partial charge in [0, 0.05) is 24.7 Å². The minimum atomic E-state index is -3.02. The predicted molar refractivity (Wildman–Crippen MR) is 95.8 cm³/mol. The summed E-state index contributed by atoms with van der Waals surface area (Å²) in [5.74, 6) is 0.293. The molecule has 26 heavy (non-hydrogen) atoms. The fourth-order valence-electron chi connectivity index (χ4n) is 2.82. The number of nitrogens with zero attached hydrogens (tertiary/aromatic N) is 2. The van der Waals surface area contributed by atoms with Crippen molar-refractivity contribution in [2.24, 2.45) is 12.8 Å². The molecule has 1 atom stereocenters. The second-order valence-electron chi connectivity index (χ2n) is 5.85. The summed E-state index contributed by atoms with van der Waals surface area (Å²) in [6.07, 6.45) is 4.76. The molecule has 1 aromatic carbocycles. The fraction of sp³-hybridized carbons (Fsp3) is 0.294. The summed E-state index contributed by atoms with van der Waals surface area (Å²) in [5.41, 5.74) is 7.75. The molecular weight excluding hydrogens is 366 g/mol. The largest absolute Gasteiger partial charge is 0.434 e. The summed E-state index contributed by atoms with van der Waals surface area (Å²) in [5, 5.41) is 3.84. The van der Waals surface area contributed by atoms with E-state index in [1.807, 2.05) is 6.08 Å². The molecule has 1 heterocycles. The zero-order chi connectivity index (χ0) is 18.8. The van der Waals surface area contributed by atoms with Gasteiger partial charge >= 0.3 is 6.61 Å². The molecule has 0 saturated carbocycles. The van der Waals surface area contributed by atoms with Gasteiger partial charge in [-0.1, -0.05) is 23.3 Å². The number of imidazole rings is 1. The van der Waals surface area contributed by atoms with Gasteiger partial charge in [-0.15, -0.1) is 0 Å². The number of halogens is 3. The third-order valence-corrected chi connectivity index (χ3v) is 4.59. The second kappa shape index (κ2) is 7.43. The first kappa shape index (κ1) is 18.3. The topological polar surface area (TPSA) is 82.2 Å². The summed E-state index contributed by atoms with van der Waals surface area (Å²) in [7, 11) is 1.73. The lowest BCUT2D eigenvalue weighted by atomic mass is 10.0. The van der Waals surface area contributed by atoms with Crippen molar-refractivity contribution in [2.75, 3.05) is 11.9 Å². The number of ether oxygens (including phenoxy) is 1. The lowest BCUT2D eigenvalue weighted by Gasteiger charge is -2.22. The van der Waals surface area contributed by atoms with Crippen molar-refractivity contribution < 1.29 is 18.3 Å². The minimum Gasteiger partial charge on any atom is -0.434 e. The number of benzene rings is 1. The van der Waals surface area contributed by atoms with E-state index in [-0.39, 0.29) is 17.4 Å². The second-order valence-corrected chi connectivity index (χ2v) is 6.29. The molecule has 0 spiro atoms. The Balaban J connectivity index is 1.95. The predicted octanol–water partition coefficient (Wildman–Crippen LogP) is 3.18. The number of hydrogen-bond donors (Lipinski definition) is 2. The Bertz CT molecular complexity index is 908. The quantitative estimate of drug-likeness (QED) is 0.750. The van der Waals surface area contributed by atoms with Crippen molar-refractivity contribution in [1.29, 1.82) is 0 Å². The van der Waals surface area contributed by atoms with Gasteiger partial charge < -0.3 is 20.4 Å². The Morgan fingerprint density at radius 3 is 2.92 bits per heavy atom. The third kappa shape index (κ3) is 3.56. The first-order chi connectivity index (χ1) is 12.4. The van der Waals surface area contributed by atoms with Crippen LogP contribution in [0.15, 0.2) is 34.9 Å². The fourth-order valence-corrected chi connectivity index (χ4v) is 3.02. The molecule has 0 saturated heterocycles. The van der Waals surface area contributed by atoms with Crippen molar-refractivity contribution in [3.05, 3.63) is 40.5 Å². The van der Waals surface area contributed by atoms with E-state index in [2.05, 4.69) is 15.0 Å². The lowest BCUT2D eigenvalue weighted by molar-refractivity contribution is -0.0499. The number of carbonyl (C=O) groups is 1. The molecule has 1 aliphatic carbocycles. The normalized spacial score (nSPS) is 17.2. The van der Waals surface area contributed by atoms with E-state index in [0.29, 0.717) is 41.3 Å². The Morgan fingerprint density at radius 1 is 1.50 bits per heavy atom. The average Bonchev–Trinajstić information content (AvgIpc) is 2.91. The number of hydrogen-bond acceptors (Lipinski definition) is 5. The number of carbonyl (C=O) groups excluding carboxylic acids is 1. The number of nitrogens with two attached hydrogens (primary N) is 1. The average molecular weight is 383 g/mol. The van der Waals surface area contributed by atoms with Crippen LogP contribution in [0.3, 0.4) is 0 Å². The molecule has 3 N–H and O–H groups in total. The van der Waals surface area contributed by atoms with Crippen LogP contribution < -0.4 is 15.8 Å². The minimum absolute atomic E-state index is 0.00592. The molecule has 1 unspecified atom stereocenters. The third-order valence-electron chi connectivity index (χ3n) is 4.20. The van der Waals surface area contributed by atoms with Gasteiger partial charge in [-0.25, -0.2) is 4.98 Å². The highest BCUT2D eigenvalue weighted by atomic mass is 35.5. The van der Waals surface area contributed by atoms with Crippen LogP contribution in [-0.2, 0) is 7.05 Å².